The number of nitrogens with zero attached hydrogens (tertiary/aromatic N) is 4. The zero-order chi connectivity index (χ0) is 21.8. The van der Waals surface area contributed by atoms with Crippen molar-refractivity contribution in [2.45, 2.75) is 27.3 Å². The van der Waals surface area contributed by atoms with Crippen LogP contribution in [0.1, 0.15) is 29.3 Å². The lowest BCUT2D eigenvalue weighted by Crippen LogP contribution is -2.50. The summed E-state index contributed by atoms with van der Waals surface area (Å²) in [7, 11) is 0. The van der Waals surface area contributed by atoms with Gasteiger partial charge in [0.25, 0.3) is 0 Å². The number of amides is 2. The number of carbonyl (C=O) groups excluding carboxylic acids is 2. The molecule has 2 amide bonds. The molecule has 1 aromatic carbocycles. The van der Waals surface area contributed by atoms with E-state index in [1.54, 1.807) is 24.0 Å². The molecule has 3 rings (SSSR count). The molecule has 1 saturated heterocycles. The minimum absolute atomic E-state index is 0.0438. The highest BCUT2D eigenvalue weighted by molar-refractivity contribution is 5.93. The first kappa shape index (κ1) is 21.5. The van der Waals surface area contributed by atoms with E-state index in [0.717, 1.165) is 16.8 Å². The summed E-state index contributed by atoms with van der Waals surface area (Å²) >= 11 is 0. The van der Waals surface area contributed by atoms with Gasteiger partial charge in [-0.05, 0) is 37.1 Å². The van der Waals surface area contributed by atoms with E-state index in [4.69, 9.17) is 0 Å². The van der Waals surface area contributed by atoms with E-state index in [-0.39, 0.29) is 24.2 Å². The normalized spacial score (nSPS) is 14.4. The summed E-state index contributed by atoms with van der Waals surface area (Å²) in [5, 5.41) is 12.6. The Morgan fingerprint density at radius 3 is 2.33 bits per heavy atom. The van der Waals surface area contributed by atoms with Gasteiger partial charge in [0.05, 0.1) is 12.1 Å². The Hall–Kier alpha value is -3.18. The highest BCUT2D eigenvalue weighted by Gasteiger charge is 2.23. The minimum atomic E-state index is -0.310. The number of hydrogen-bond donors (Lipinski definition) is 1. The van der Waals surface area contributed by atoms with Crippen LogP contribution in [0.5, 0.6) is 0 Å². The van der Waals surface area contributed by atoms with Gasteiger partial charge in [-0.25, -0.2) is 4.39 Å². The Balaban J connectivity index is 1.75. The standard InChI is InChI=1S/C22H26FN5O2/c1-15-16(2)28(13-18-4-6-19(23)7-5-18)22(20(15)12-24)25-21(30)14-26-8-10-27(11-9-26)17(3)29/h4-7H,8-11,13-14H2,1-3H3,(H,25,30). The molecule has 7 nitrogen and oxygen atoms in total. The van der Waals surface area contributed by atoms with Gasteiger partial charge in [0.1, 0.15) is 17.7 Å². The fraction of sp³-hybridized carbons (Fsp3) is 0.409. The second-order valence-corrected chi connectivity index (χ2v) is 7.59. The minimum Gasteiger partial charge on any atom is -0.340 e. The van der Waals surface area contributed by atoms with E-state index in [1.165, 1.54) is 12.1 Å². The first-order chi connectivity index (χ1) is 14.3. The number of nitrogens with one attached hydrogen (secondary N) is 1. The fourth-order valence-electron chi connectivity index (χ4n) is 3.70. The lowest BCUT2D eigenvalue weighted by Gasteiger charge is -2.33. The molecule has 1 N–H and O–H groups in total. The van der Waals surface area contributed by atoms with Crippen LogP contribution in [0, 0.1) is 31.0 Å². The van der Waals surface area contributed by atoms with Crippen molar-refractivity contribution in [3.8, 4) is 6.07 Å². The molecule has 0 unspecified atom stereocenters. The van der Waals surface area contributed by atoms with Crippen molar-refractivity contribution in [2.75, 3.05) is 38.0 Å². The lowest BCUT2D eigenvalue weighted by atomic mass is 10.2. The summed E-state index contributed by atoms with van der Waals surface area (Å²) in [6.07, 6.45) is 0. The van der Waals surface area contributed by atoms with Crippen molar-refractivity contribution >= 4 is 17.6 Å². The molecule has 0 radical (unpaired) electrons. The molecule has 2 aromatic rings. The third kappa shape index (κ3) is 4.69. The molecule has 1 aromatic heterocycles. The van der Waals surface area contributed by atoms with Gasteiger partial charge >= 0.3 is 0 Å². The van der Waals surface area contributed by atoms with E-state index in [1.807, 2.05) is 23.3 Å². The molecule has 0 aliphatic carbocycles. The Morgan fingerprint density at radius 2 is 1.77 bits per heavy atom. The van der Waals surface area contributed by atoms with Gasteiger partial charge in [0, 0.05) is 45.3 Å². The van der Waals surface area contributed by atoms with Gasteiger partial charge in [0.15, 0.2) is 0 Å². The number of nitriles is 1. The van der Waals surface area contributed by atoms with Gasteiger partial charge < -0.3 is 14.8 Å². The molecule has 158 valence electrons. The lowest BCUT2D eigenvalue weighted by molar-refractivity contribution is -0.130. The van der Waals surface area contributed by atoms with Crippen LogP contribution >= 0.6 is 0 Å². The quantitative estimate of drug-likeness (QED) is 0.818. The van der Waals surface area contributed by atoms with Crippen molar-refractivity contribution in [3.63, 3.8) is 0 Å². The van der Waals surface area contributed by atoms with Gasteiger partial charge in [0.2, 0.25) is 11.8 Å². The number of hydrogen-bond acceptors (Lipinski definition) is 4. The van der Waals surface area contributed by atoms with E-state index >= 15 is 0 Å². The van der Waals surface area contributed by atoms with Crippen LogP contribution in [-0.2, 0) is 16.1 Å². The number of carbonyl (C=O) groups is 2. The summed E-state index contributed by atoms with van der Waals surface area (Å²) in [6.45, 7) is 8.38. The van der Waals surface area contributed by atoms with Crippen LogP contribution in [0.2, 0.25) is 0 Å². The molecule has 8 heteroatoms. The molecule has 0 atom stereocenters. The topological polar surface area (TPSA) is 81.4 Å². The molecule has 1 fully saturated rings. The van der Waals surface area contributed by atoms with E-state index in [9.17, 15) is 19.2 Å². The summed E-state index contributed by atoms with van der Waals surface area (Å²) < 4.78 is 15.1. The fourth-order valence-corrected chi connectivity index (χ4v) is 3.70. The predicted molar refractivity (Wildman–Crippen MR) is 111 cm³/mol. The second-order valence-electron chi connectivity index (χ2n) is 7.59. The molecule has 2 heterocycles. The van der Waals surface area contributed by atoms with Gasteiger partial charge in [-0.15, -0.1) is 0 Å². The first-order valence-corrected chi connectivity index (χ1v) is 9.92. The maximum absolute atomic E-state index is 13.2. The van der Waals surface area contributed by atoms with Crippen molar-refractivity contribution in [1.82, 2.24) is 14.4 Å². The smallest absolute Gasteiger partial charge is 0.239 e. The van der Waals surface area contributed by atoms with Crippen molar-refractivity contribution in [2.24, 2.45) is 0 Å². The summed E-state index contributed by atoms with van der Waals surface area (Å²) in [5.74, 6) is -0.0116. The van der Waals surface area contributed by atoms with Gasteiger partial charge in [-0.1, -0.05) is 12.1 Å². The third-order valence-corrected chi connectivity index (χ3v) is 5.64. The summed E-state index contributed by atoms with van der Waals surface area (Å²) in [6, 6.07) is 8.36. The highest BCUT2D eigenvalue weighted by atomic mass is 19.1. The zero-order valence-electron chi connectivity index (χ0n) is 17.5. The molecule has 0 spiro atoms. The van der Waals surface area contributed by atoms with Crippen LogP contribution in [-0.4, -0.2) is 58.9 Å². The maximum Gasteiger partial charge on any atom is 0.239 e. The highest BCUT2D eigenvalue weighted by Crippen LogP contribution is 2.27. The summed E-state index contributed by atoms with van der Waals surface area (Å²) in [5.41, 5.74) is 2.99. The number of benzene rings is 1. The number of anilines is 1. The predicted octanol–water partition coefficient (Wildman–Crippen LogP) is 2.27. The number of aromatic nitrogens is 1. The Bertz CT molecular complexity index is 982. The van der Waals surface area contributed by atoms with Crippen LogP contribution in [0.4, 0.5) is 10.2 Å². The number of rotatable bonds is 5. The average Bonchev–Trinajstić information content (AvgIpc) is 2.93. The second kappa shape index (κ2) is 9.09. The molecule has 1 aliphatic rings. The van der Waals surface area contributed by atoms with Crippen molar-refractivity contribution < 1.29 is 14.0 Å². The van der Waals surface area contributed by atoms with Crippen LogP contribution in [0.15, 0.2) is 24.3 Å². The molecular weight excluding hydrogens is 385 g/mol. The van der Waals surface area contributed by atoms with Crippen LogP contribution in [0.25, 0.3) is 0 Å². The maximum atomic E-state index is 13.2. The molecule has 1 aliphatic heterocycles. The van der Waals surface area contributed by atoms with Gasteiger partial charge in [-0.3, -0.25) is 14.5 Å². The summed E-state index contributed by atoms with van der Waals surface area (Å²) in [4.78, 5) is 27.9. The van der Waals surface area contributed by atoms with Crippen molar-refractivity contribution in [1.29, 1.82) is 5.26 Å². The molecule has 30 heavy (non-hydrogen) atoms. The molecule has 0 bridgehead atoms. The van der Waals surface area contributed by atoms with E-state index < -0.39 is 0 Å². The third-order valence-electron chi connectivity index (χ3n) is 5.64. The zero-order valence-corrected chi connectivity index (χ0v) is 17.5. The van der Waals surface area contributed by atoms with Crippen molar-refractivity contribution in [3.05, 3.63) is 52.5 Å². The number of piperazine rings is 1. The van der Waals surface area contributed by atoms with E-state index in [0.29, 0.717) is 44.1 Å². The molecule has 0 saturated carbocycles. The Kier molecular flexibility index (Phi) is 6.53. The molecular formula is C22H26FN5O2. The van der Waals surface area contributed by atoms with Crippen LogP contribution < -0.4 is 5.32 Å². The monoisotopic (exact) mass is 411 g/mol. The first-order valence-electron chi connectivity index (χ1n) is 9.92. The van der Waals surface area contributed by atoms with E-state index in [2.05, 4.69) is 11.4 Å². The van der Waals surface area contributed by atoms with Crippen LogP contribution in [0.3, 0.4) is 0 Å². The largest absolute Gasteiger partial charge is 0.340 e. The number of halogens is 1. The Labute approximate surface area is 175 Å². The average molecular weight is 411 g/mol. The van der Waals surface area contributed by atoms with Gasteiger partial charge in [-0.2, -0.15) is 5.26 Å². The Morgan fingerprint density at radius 1 is 1.13 bits per heavy atom. The SMILES string of the molecule is CC(=O)N1CCN(CC(=O)Nc2c(C#N)c(C)c(C)n2Cc2ccc(F)cc2)CC1.